The SMILES string of the molecule is Cc1c[n+](C)c(-c2cc(-c3ccc4cccn4c3)ccc2C)cc1CC(C)(C)C. The molecule has 0 saturated heterocycles. The molecule has 0 fully saturated rings. The fourth-order valence-corrected chi connectivity index (χ4v) is 4.14. The van der Waals surface area contributed by atoms with Gasteiger partial charge in [0.1, 0.15) is 7.05 Å². The van der Waals surface area contributed by atoms with Crippen molar-refractivity contribution in [2.45, 2.75) is 41.0 Å². The molecule has 3 heterocycles. The van der Waals surface area contributed by atoms with Crippen LogP contribution in [0, 0.1) is 19.3 Å². The molecule has 29 heavy (non-hydrogen) atoms. The third-order valence-electron chi connectivity index (χ3n) is 5.68. The molecule has 3 aromatic heterocycles. The lowest BCUT2D eigenvalue weighted by Crippen LogP contribution is -2.32. The van der Waals surface area contributed by atoms with Crippen molar-refractivity contribution in [3.05, 3.63) is 83.8 Å². The van der Waals surface area contributed by atoms with Gasteiger partial charge in [-0.15, -0.1) is 0 Å². The minimum Gasteiger partial charge on any atom is -0.323 e. The lowest BCUT2D eigenvalue weighted by molar-refractivity contribution is -0.660. The minimum atomic E-state index is 0.269. The average molecular weight is 384 g/mol. The van der Waals surface area contributed by atoms with Gasteiger partial charge >= 0.3 is 0 Å². The number of hydrogen-bond donors (Lipinski definition) is 0. The summed E-state index contributed by atoms with van der Waals surface area (Å²) in [7, 11) is 2.15. The second-order valence-corrected chi connectivity index (χ2v) is 9.50. The Morgan fingerprint density at radius 2 is 1.66 bits per heavy atom. The molecule has 0 saturated carbocycles. The maximum atomic E-state index is 2.39. The van der Waals surface area contributed by atoms with Crippen LogP contribution in [-0.2, 0) is 13.5 Å². The van der Waals surface area contributed by atoms with Gasteiger partial charge in [0.15, 0.2) is 6.20 Å². The van der Waals surface area contributed by atoms with Crippen LogP contribution < -0.4 is 4.57 Å². The fraction of sp³-hybridized carbons (Fsp3) is 0.296. The fourth-order valence-electron chi connectivity index (χ4n) is 4.14. The van der Waals surface area contributed by atoms with Crippen LogP contribution in [0.25, 0.3) is 27.9 Å². The number of pyridine rings is 2. The molecule has 0 aliphatic rings. The summed E-state index contributed by atoms with van der Waals surface area (Å²) < 4.78 is 4.45. The molecular formula is C27H31N2+. The van der Waals surface area contributed by atoms with Crippen LogP contribution in [0.2, 0.25) is 0 Å². The maximum Gasteiger partial charge on any atom is 0.212 e. The maximum absolute atomic E-state index is 2.39. The average Bonchev–Trinajstić information content (AvgIpc) is 3.11. The standard InChI is InChI=1S/C27H31N2/c1-19-9-10-21(22-11-12-24-8-7-13-29(24)18-22)14-25(19)26-15-23(16-27(3,4)5)20(2)17-28(26)6/h7-15,17-18H,16H2,1-6H3/q+1. The van der Waals surface area contributed by atoms with Crippen molar-refractivity contribution in [3.8, 4) is 22.4 Å². The summed E-state index contributed by atoms with van der Waals surface area (Å²) >= 11 is 0. The van der Waals surface area contributed by atoms with Crippen molar-refractivity contribution >= 4 is 5.52 Å². The third-order valence-corrected chi connectivity index (χ3v) is 5.68. The molecule has 2 nitrogen and oxygen atoms in total. The first-order valence-electron chi connectivity index (χ1n) is 10.4. The smallest absolute Gasteiger partial charge is 0.212 e. The summed E-state index contributed by atoms with van der Waals surface area (Å²) in [6.07, 6.45) is 7.67. The predicted octanol–water partition coefficient (Wildman–Crippen LogP) is 6.30. The molecule has 0 unspecified atom stereocenters. The van der Waals surface area contributed by atoms with Gasteiger partial charge in [0.05, 0.1) is 0 Å². The van der Waals surface area contributed by atoms with Crippen LogP contribution >= 0.6 is 0 Å². The number of nitrogens with zero attached hydrogens (tertiary/aromatic N) is 2. The van der Waals surface area contributed by atoms with Gasteiger partial charge < -0.3 is 4.40 Å². The number of hydrogen-bond acceptors (Lipinski definition) is 0. The lowest BCUT2D eigenvalue weighted by Gasteiger charge is -2.19. The first kappa shape index (κ1) is 19.4. The Hall–Kier alpha value is -2.87. The number of benzene rings is 1. The number of aromatic nitrogens is 2. The molecule has 1 aromatic carbocycles. The van der Waals surface area contributed by atoms with E-state index in [0.29, 0.717) is 0 Å². The normalized spacial score (nSPS) is 11.9. The van der Waals surface area contributed by atoms with E-state index in [1.54, 1.807) is 0 Å². The molecule has 4 rings (SSSR count). The summed E-state index contributed by atoms with van der Waals surface area (Å²) in [5.41, 5.74) is 10.6. The van der Waals surface area contributed by atoms with Crippen LogP contribution in [-0.4, -0.2) is 4.40 Å². The Kier molecular flexibility index (Phi) is 4.82. The number of rotatable bonds is 3. The zero-order valence-corrected chi connectivity index (χ0v) is 18.5. The van der Waals surface area contributed by atoms with Gasteiger partial charge in [0.25, 0.3) is 0 Å². The predicted molar refractivity (Wildman–Crippen MR) is 122 cm³/mol. The first-order chi connectivity index (χ1) is 13.7. The van der Waals surface area contributed by atoms with Crippen LogP contribution in [0.15, 0.2) is 67.1 Å². The van der Waals surface area contributed by atoms with Crippen molar-refractivity contribution in [2.75, 3.05) is 0 Å². The summed E-state index contributed by atoms with van der Waals surface area (Å²) in [4.78, 5) is 0. The molecule has 0 aliphatic carbocycles. The summed E-state index contributed by atoms with van der Waals surface area (Å²) in [6, 6.07) is 17.8. The molecule has 0 spiro atoms. The Labute approximate surface area is 174 Å². The van der Waals surface area contributed by atoms with E-state index in [1.165, 1.54) is 44.6 Å². The van der Waals surface area contributed by atoms with E-state index in [-0.39, 0.29) is 5.41 Å². The van der Waals surface area contributed by atoms with E-state index < -0.39 is 0 Å². The van der Waals surface area contributed by atoms with E-state index >= 15 is 0 Å². The largest absolute Gasteiger partial charge is 0.323 e. The van der Waals surface area contributed by atoms with E-state index in [9.17, 15) is 0 Å². The van der Waals surface area contributed by atoms with Crippen molar-refractivity contribution in [1.82, 2.24) is 4.40 Å². The van der Waals surface area contributed by atoms with Crippen molar-refractivity contribution in [1.29, 1.82) is 0 Å². The molecule has 0 N–H and O–H groups in total. The third kappa shape index (κ3) is 3.98. The molecule has 0 atom stereocenters. The Morgan fingerprint density at radius 1 is 0.897 bits per heavy atom. The number of fused-ring (bicyclic) bond motifs is 1. The highest BCUT2D eigenvalue weighted by atomic mass is 14.9. The highest BCUT2D eigenvalue weighted by Crippen LogP contribution is 2.30. The van der Waals surface area contributed by atoms with E-state index in [0.717, 1.165) is 6.42 Å². The van der Waals surface area contributed by atoms with Gasteiger partial charge in [-0.25, -0.2) is 4.57 Å². The van der Waals surface area contributed by atoms with E-state index in [2.05, 4.69) is 118 Å². The molecule has 0 radical (unpaired) electrons. The second kappa shape index (κ2) is 7.18. The zero-order chi connectivity index (χ0) is 20.8. The molecule has 148 valence electrons. The summed E-state index contributed by atoms with van der Waals surface area (Å²) in [6.45, 7) is 11.4. The quantitative estimate of drug-likeness (QED) is 0.367. The Bertz CT molecular complexity index is 1190. The molecule has 2 heteroatoms. The molecular weight excluding hydrogens is 352 g/mol. The monoisotopic (exact) mass is 383 g/mol. The van der Waals surface area contributed by atoms with Crippen molar-refractivity contribution in [2.24, 2.45) is 12.5 Å². The summed E-state index contributed by atoms with van der Waals surface area (Å²) in [5.74, 6) is 0. The second-order valence-electron chi connectivity index (χ2n) is 9.50. The number of aryl methyl sites for hydroxylation is 3. The van der Waals surface area contributed by atoms with Crippen LogP contribution in [0.5, 0.6) is 0 Å². The Balaban J connectivity index is 1.83. The topological polar surface area (TPSA) is 8.29 Å². The minimum absolute atomic E-state index is 0.269. The highest BCUT2D eigenvalue weighted by molar-refractivity contribution is 5.73. The summed E-state index contributed by atoms with van der Waals surface area (Å²) in [5, 5.41) is 0. The van der Waals surface area contributed by atoms with Gasteiger partial charge in [0, 0.05) is 35.1 Å². The molecule has 4 aromatic rings. The lowest BCUT2D eigenvalue weighted by atomic mass is 9.86. The van der Waals surface area contributed by atoms with Crippen molar-refractivity contribution in [3.63, 3.8) is 0 Å². The molecule has 0 amide bonds. The Morgan fingerprint density at radius 3 is 2.41 bits per heavy atom. The van der Waals surface area contributed by atoms with Gasteiger partial charge in [-0.05, 0) is 72.2 Å². The molecule has 0 aliphatic heterocycles. The van der Waals surface area contributed by atoms with Crippen LogP contribution in [0.4, 0.5) is 0 Å². The van der Waals surface area contributed by atoms with Crippen molar-refractivity contribution < 1.29 is 4.57 Å². The van der Waals surface area contributed by atoms with Gasteiger partial charge in [-0.1, -0.05) is 39.0 Å². The highest BCUT2D eigenvalue weighted by Gasteiger charge is 2.20. The van der Waals surface area contributed by atoms with Crippen LogP contribution in [0.1, 0.15) is 37.5 Å². The van der Waals surface area contributed by atoms with Gasteiger partial charge in [0.2, 0.25) is 5.69 Å². The molecule has 0 bridgehead atoms. The van der Waals surface area contributed by atoms with Crippen LogP contribution in [0.3, 0.4) is 0 Å². The van der Waals surface area contributed by atoms with Gasteiger partial charge in [-0.3, -0.25) is 0 Å². The van der Waals surface area contributed by atoms with Gasteiger partial charge in [-0.2, -0.15) is 0 Å². The van der Waals surface area contributed by atoms with E-state index in [4.69, 9.17) is 0 Å². The zero-order valence-electron chi connectivity index (χ0n) is 18.5. The van der Waals surface area contributed by atoms with E-state index in [1.807, 2.05) is 0 Å². The first-order valence-corrected chi connectivity index (χ1v) is 10.4.